The summed E-state index contributed by atoms with van der Waals surface area (Å²) in [5.41, 5.74) is 10.7. The number of hydrogen-bond donors (Lipinski definition) is 2. The van der Waals surface area contributed by atoms with Gasteiger partial charge in [-0.2, -0.15) is 0 Å². The number of anilines is 1. The molecule has 23 heavy (non-hydrogen) atoms. The van der Waals surface area contributed by atoms with E-state index in [4.69, 9.17) is 5.73 Å². The highest BCUT2D eigenvalue weighted by Gasteiger charge is 2.16. The Labute approximate surface area is 141 Å². The number of fused-ring (bicyclic) bond motifs is 1. The van der Waals surface area contributed by atoms with Gasteiger partial charge in [-0.1, -0.05) is 12.1 Å². The first kappa shape index (κ1) is 16.1. The van der Waals surface area contributed by atoms with Gasteiger partial charge in [0.1, 0.15) is 0 Å². The number of nitrogens with zero attached hydrogens (tertiary/aromatic N) is 1. The van der Waals surface area contributed by atoms with E-state index in [2.05, 4.69) is 35.4 Å². The highest BCUT2D eigenvalue weighted by atomic mass is 32.1. The molecule has 5 heteroatoms. The Kier molecular flexibility index (Phi) is 4.78. The number of nitrogens with one attached hydrogen (secondary N) is 1. The number of rotatable bonds is 5. The van der Waals surface area contributed by atoms with Gasteiger partial charge in [-0.15, -0.1) is 11.3 Å². The summed E-state index contributed by atoms with van der Waals surface area (Å²) in [7, 11) is 0. The summed E-state index contributed by atoms with van der Waals surface area (Å²) in [4.78, 5) is 17.7. The molecule has 1 unspecified atom stereocenters. The van der Waals surface area contributed by atoms with Crippen LogP contribution in [0.25, 0.3) is 11.3 Å². The van der Waals surface area contributed by atoms with Gasteiger partial charge in [0.15, 0.2) is 5.13 Å². The van der Waals surface area contributed by atoms with Crippen molar-refractivity contribution < 1.29 is 4.79 Å². The van der Waals surface area contributed by atoms with Gasteiger partial charge in [-0.3, -0.25) is 4.79 Å². The molecule has 0 saturated heterocycles. The molecular formula is C18H23N3OS. The zero-order valence-corrected chi connectivity index (χ0v) is 14.5. The Balaban J connectivity index is 1.75. The van der Waals surface area contributed by atoms with Gasteiger partial charge >= 0.3 is 0 Å². The third-order valence-corrected chi connectivity index (χ3v) is 5.13. The lowest BCUT2D eigenvalue weighted by atomic mass is 10.0. The Morgan fingerprint density at radius 3 is 2.96 bits per heavy atom. The van der Waals surface area contributed by atoms with Crippen LogP contribution in [0.15, 0.2) is 18.2 Å². The van der Waals surface area contributed by atoms with E-state index in [0.717, 1.165) is 22.6 Å². The Morgan fingerprint density at radius 1 is 1.39 bits per heavy atom. The van der Waals surface area contributed by atoms with Crippen LogP contribution in [0.3, 0.4) is 0 Å². The smallest absolute Gasteiger partial charge is 0.226 e. The van der Waals surface area contributed by atoms with Crippen molar-refractivity contribution in [3.8, 4) is 11.3 Å². The molecule has 0 spiro atoms. The maximum Gasteiger partial charge on any atom is 0.226 e. The average Bonchev–Trinajstić information content (AvgIpc) is 3.10. The maximum atomic E-state index is 11.9. The summed E-state index contributed by atoms with van der Waals surface area (Å²) in [6, 6.07) is 6.66. The first-order chi connectivity index (χ1) is 11.0. The fraction of sp³-hybridized carbons (Fsp3) is 0.444. The monoisotopic (exact) mass is 329 g/mol. The molecule has 2 aromatic rings. The van der Waals surface area contributed by atoms with E-state index in [0.29, 0.717) is 18.0 Å². The average molecular weight is 329 g/mol. The van der Waals surface area contributed by atoms with Crippen LogP contribution in [0.1, 0.15) is 42.2 Å². The topological polar surface area (TPSA) is 68.0 Å². The predicted octanol–water partition coefficient (Wildman–Crippen LogP) is 3.67. The number of amides is 1. The highest BCUT2D eigenvalue weighted by molar-refractivity contribution is 7.16. The van der Waals surface area contributed by atoms with Crippen LogP contribution in [0.2, 0.25) is 0 Å². The summed E-state index contributed by atoms with van der Waals surface area (Å²) in [6.07, 6.45) is 4.72. The Bertz CT molecular complexity index is 721. The second-order valence-corrected chi connectivity index (χ2v) is 7.53. The number of thiazole rings is 1. The summed E-state index contributed by atoms with van der Waals surface area (Å²) in [6.45, 7) is 3.96. The van der Waals surface area contributed by atoms with Gasteiger partial charge in [0.2, 0.25) is 5.91 Å². The standard InChI is InChI=1S/C18H23N3OS/c1-11(19)6-9-16(22)20-18-21-17(12(2)23-18)15-8-7-13-4-3-5-14(13)10-15/h7-8,10-11H,3-6,9,19H2,1-2H3,(H,20,21,22). The summed E-state index contributed by atoms with van der Waals surface area (Å²) < 4.78 is 0. The first-order valence-electron chi connectivity index (χ1n) is 8.18. The van der Waals surface area contributed by atoms with Crippen LogP contribution in [0, 0.1) is 6.92 Å². The lowest BCUT2D eigenvalue weighted by molar-refractivity contribution is -0.116. The molecular weight excluding hydrogens is 306 g/mol. The molecule has 1 heterocycles. The quantitative estimate of drug-likeness (QED) is 0.879. The van der Waals surface area contributed by atoms with E-state index in [9.17, 15) is 4.79 Å². The number of carbonyl (C=O) groups is 1. The minimum atomic E-state index is -0.0171. The largest absolute Gasteiger partial charge is 0.328 e. The number of carbonyl (C=O) groups excluding carboxylic acids is 1. The molecule has 0 saturated carbocycles. The third-order valence-electron chi connectivity index (χ3n) is 4.24. The van der Waals surface area contributed by atoms with Gasteiger partial charge in [-0.25, -0.2) is 4.98 Å². The summed E-state index contributed by atoms with van der Waals surface area (Å²) >= 11 is 1.53. The third kappa shape index (κ3) is 3.79. The van der Waals surface area contributed by atoms with E-state index < -0.39 is 0 Å². The molecule has 1 aliphatic rings. The van der Waals surface area contributed by atoms with Crippen molar-refractivity contribution in [1.82, 2.24) is 4.98 Å². The van der Waals surface area contributed by atoms with Crippen LogP contribution < -0.4 is 11.1 Å². The van der Waals surface area contributed by atoms with Crippen molar-refractivity contribution >= 4 is 22.4 Å². The van der Waals surface area contributed by atoms with Crippen LogP contribution in [0.5, 0.6) is 0 Å². The zero-order valence-electron chi connectivity index (χ0n) is 13.7. The lowest BCUT2D eigenvalue weighted by Crippen LogP contribution is -2.19. The molecule has 1 aromatic heterocycles. The van der Waals surface area contributed by atoms with E-state index >= 15 is 0 Å². The van der Waals surface area contributed by atoms with E-state index in [-0.39, 0.29) is 11.9 Å². The Morgan fingerprint density at radius 2 is 2.17 bits per heavy atom. The second-order valence-electron chi connectivity index (χ2n) is 6.32. The van der Waals surface area contributed by atoms with Gasteiger partial charge in [-0.05, 0) is 56.7 Å². The van der Waals surface area contributed by atoms with Crippen LogP contribution in [0.4, 0.5) is 5.13 Å². The predicted molar refractivity (Wildman–Crippen MR) is 95.8 cm³/mol. The lowest BCUT2D eigenvalue weighted by Gasteiger charge is -2.04. The number of benzene rings is 1. The molecule has 122 valence electrons. The van der Waals surface area contributed by atoms with Crippen molar-refractivity contribution in [3.63, 3.8) is 0 Å². The van der Waals surface area contributed by atoms with Crippen LogP contribution in [-0.2, 0) is 17.6 Å². The molecule has 0 radical (unpaired) electrons. The Hall–Kier alpha value is -1.72. The summed E-state index contributed by atoms with van der Waals surface area (Å²) in [5.74, 6) is -0.0171. The van der Waals surface area contributed by atoms with Gasteiger partial charge in [0.25, 0.3) is 0 Å². The first-order valence-corrected chi connectivity index (χ1v) is 8.99. The molecule has 0 bridgehead atoms. The number of aryl methyl sites for hydroxylation is 3. The van der Waals surface area contributed by atoms with Crippen molar-refractivity contribution in [3.05, 3.63) is 34.2 Å². The normalized spacial score (nSPS) is 14.6. The number of hydrogen-bond acceptors (Lipinski definition) is 4. The SMILES string of the molecule is Cc1sc(NC(=O)CCC(C)N)nc1-c1ccc2c(c1)CCC2. The molecule has 1 amide bonds. The fourth-order valence-electron chi connectivity index (χ4n) is 2.98. The molecule has 1 aromatic carbocycles. The highest BCUT2D eigenvalue weighted by Crippen LogP contribution is 2.33. The van der Waals surface area contributed by atoms with Crippen molar-refractivity contribution in [2.75, 3.05) is 5.32 Å². The van der Waals surface area contributed by atoms with E-state index in [1.165, 1.54) is 35.3 Å². The van der Waals surface area contributed by atoms with Gasteiger partial charge in [0.05, 0.1) is 5.69 Å². The van der Waals surface area contributed by atoms with Crippen LogP contribution >= 0.6 is 11.3 Å². The van der Waals surface area contributed by atoms with Crippen molar-refractivity contribution in [2.24, 2.45) is 5.73 Å². The van der Waals surface area contributed by atoms with E-state index in [1.54, 1.807) is 0 Å². The van der Waals surface area contributed by atoms with Crippen molar-refractivity contribution in [1.29, 1.82) is 0 Å². The second kappa shape index (κ2) is 6.81. The number of aromatic nitrogens is 1. The fourth-order valence-corrected chi connectivity index (χ4v) is 3.83. The molecule has 1 aliphatic carbocycles. The summed E-state index contributed by atoms with van der Waals surface area (Å²) in [5, 5.41) is 3.57. The minimum absolute atomic E-state index is 0.0171. The minimum Gasteiger partial charge on any atom is -0.328 e. The number of nitrogens with two attached hydrogens (primary N) is 1. The molecule has 4 nitrogen and oxygen atoms in total. The zero-order chi connectivity index (χ0) is 16.4. The van der Waals surface area contributed by atoms with Crippen LogP contribution in [-0.4, -0.2) is 16.9 Å². The molecule has 0 fully saturated rings. The van der Waals surface area contributed by atoms with Crippen molar-refractivity contribution in [2.45, 2.75) is 52.0 Å². The molecule has 3 N–H and O–H groups in total. The maximum absolute atomic E-state index is 11.9. The van der Waals surface area contributed by atoms with Gasteiger partial charge in [0, 0.05) is 22.9 Å². The van der Waals surface area contributed by atoms with E-state index in [1.807, 2.05) is 6.92 Å². The molecule has 3 rings (SSSR count). The molecule has 0 aliphatic heterocycles. The molecule has 1 atom stereocenters. The van der Waals surface area contributed by atoms with Gasteiger partial charge < -0.3 is 11.1 Å².